The summed E-state index contributed by atoms with van der Waals surface area (Å²) in [5.74, 6) is 1.19. The number of nitrogens with zero attached hydrogens (tertiary/aromatic N) is 5. The summed E-state index contributed by atoms with van der Waals surface area (Å²) < 4.78 is 5.31. The minimum absolute atomic E-state index is 0.0119. The standard InChI is InChI=1S/C12H22N6O2/c1-12(2,8-19)17(3)10-14-9(13)15-11(16-10)18-4-6-20-7-5-18/h19H,4-8H2,1-3H3,(H2,13,14,15,16). The Morgan fingerprint density at radius 1 is 1.30 bits per heavy atom. The average molecular weight is 282 g/mol. The molecule has 1 aromatic heterocycles. The van der Waals surface area contributed by atoms with Gasteiger partial charge in [0.25, 0.3) is 0 Å². The zero-order valence-electron chi connectivity index (χ0n) is 12.2. The average Bonchev–Trinajstić information content (AvgIpc) is 2.46. The number of likely N-dealkylation sites (N-methyl/N-ethyl adjacent to an activating group) is 1. The Hall–Kier alpha value is -1.67. The summed E-state index contributed by atoms with van der Waals surface area (Å²) in [7, 11) is 1.83. The quantitative estimate of drug-likeness (QED) is 0.762. The Labute approximate surface area is 118 Å². The van der Waals surface area contributed by atoms with Crippen molar-refractivity contribution in [3.8, 4) is 0 Å². The minimum atomic E-state index is -0.476. The molecule has 0 spiro atoms. The van der Waals surface area contributed by atoms with Gasteiger partial charge in [0, 0.05) is 20.1 Å². The van der Waals surface area contributed by atoms with Crippen molar-refractivity contribution in [2.24, 2.45) is 0 Å². The van der Waals surface area contributed by atoms with Gasteiger partial charge in [-0.15, -0.1) is 0 Å². The molecule has 1 aliphatic rings. The van der Waals surface area contributed by atoms with E-state index in [9.17, 15) is 5.11 Å². The Morgan fingerprint density at radius 3 is 2.55 bits per heavy atom. The fourth-order valence-corrected chi connectivity index (χ4v) is 1.80. The molecule has 0 atom stereocenters. The van der Waals surface area contributed by atoms with E-state index in [1.165, 1.54) is 0 Å². The van der Waals surface area contributed by atoms with Crippen molar-refractivity contribution in [1.82, 2.24) is 15.0 Å². The molecule has 112 valence electrons. The number of aliphatic hydroxyl groups excluding tert-OH is 1. The van der Waals surface area contributed by atoms with Gasteiger partial charge in [-0.1, -0.05) is 0 Å². The normalized spacial score (nSPS) is 16.3. The highest BCUT2D eigenvalue weighted by Crippen LogP contribution is 2.21. The van der Waals surface area contributed by atoms with Gasteiger partial charge in [0.1, 0.15) is 0 Å². The Bertz CT molecular complexity index is 461. The molecule has 1 aromatic rings. The van der Waals surface area contributed by atoms with Crippen LogP contribution in [-0.4, -0.2) is 65.6 Å². The molecule has 1 saturated heterocycles. The molecule has 0 saturated carbocycles. The number of ether oxygens (including phenoxy) is 1. The number of anilines is 3. The molecule has 2 heterocycles. The number of aromatic nitrogens is 3. The highest BCUT2D eigenvalue weighted by molar-refractivity contribution is 5.44. The van der Waals surface area contributed by atoms with E-state index in [1.54, 1.807) is 4.90 Å². The molecule has 0 bridgehead atoms. The first-order chi connectivity index (χ1) is 9.44. The second-order valence-electron chi connectivity index (χ2n) is 5.42. The number of nitrogen functional groups attached to an aromatic ring is 1. The summed E-state index contributed by atoms with van der Waals surface area (Å²) in [4.78, 5) is 16.6. The fourth-order valence-electron chi connectivity index (χ4n) is 1.80. The van der Waals surface area contributed by atoms with Crippen LogP contribution in [0, 0.1) is 0 Å². The van der Waals surface area contributed by atoms with Crippen LogP contribution in [0.5, 0.6) is 0 Å². The lowest BCUT2D eigenvalue weighted by Crippen LogP contribution is -2.45. The first-order valence-corrected chi connectivity index (χ1v) is 6.63. The van der Waals surface area contributed by atoms with E-state index < -0.39 is 5.54 Å². The second-order valence-corrected chi connectivity index (χ2v) is 5.42. The molecule has 1 fully saturated rings. The molecule has 20 heavy (non-hydrogen) atoms. The van der Waals surface area contributed by atoms with Crippen molar-refractivity contribution >= 4 is 17.8 Å². The van der Waals surface area contributed by atoms with Gasteiger partial charge in [0.15, 0.2) is 0 Å². The molecule has 0 radical (unpaired) electrons. The molecule has 0 unspecified atom stereocenters. The maximum Gasteiger partial charge on any atom is 0.232 e. The van der Waals surface area contributed by atoms with E-state index in [1.807, 2.05) is 25.8 Å². The van der Waals surface area contributed by atoms with Crippen LogP contribution in [0.15, 0.2) is 0 Å². The molecule has 2 rings (SSSR count). The first kappa shape index (κ1) is 14.7. The summed E-state index contributed by atoms with van der Waals surface area (Å²) in [5.41, 5.74) is 5.30. The van der Waals surface area contributed by atoms with Gasteiger partial charge in [-0.2, -0.15) is 15.0 Å². The lowest BCUT2D eigenvalue weighted by molar-refractivity contribution is 0.122. The van der Waals surface area contributed by atoms with Gasteiger partial charge in [-0.3, -0.25) is 0 Å². The van der Waals surface area contributed by atoms with Crippen LogP contribution in [0.3, 0.4) is 0 Å². The van der Waals surface area contributed by atoms with Gasteiger partial charge in [-0.25, -0.2) is 0 Å². The molecule has 8 heteroatoms. The highest BCUT2D eigenvalue weighted by atomic mass is 16.5. The topological polar surface area (TPSA) is 101 Å². The van der Waals surface area contributed by atoms with Crippen LogP contribution in [0.1, 0.15) is 13.8 Å². The third-order valence-corrected chi connectivity index (χ3v) is 3.52. The largest absolute Gasteiger partial charge is 0.394 e. The zero-order chi connectivity index (χ0) is 14.8. The number of hydrogen-bond donors (Lipinski definition) is 2. The molecule has 0 aromatic carbocycles. The van der Waals surface area contributed by atoms with Gasteiger partial charge >= 0.3 is 0 Å². The van der Waals surface area contributed by atoms with Crippen LogP contribution in [0.2, 0.25) is 0 Å². The molecular formula is C12H22N6O2. The lowest BCUT2D eigenvalue weighted by Gasteiger charge is -2.34. The Balaban J connectivity index is 2.28. The Morgan fingerprint density at radius 2 is 1.95 bits per heavy atom. The van der Waals surface area contributed by atoms with E-state index in [0.717, 1.165) is 13.1 Å². The van der Waals surface area contributed by atoms with Crippen molar-refractivity contribution in [1.29, 1.82) is 0 Å². The predicted octanol–water partition coefficient (Wildman–Crippen LogP) is -0.502. The van der Waals surface area contributed by atoms with Gasteiger partial charge in [-0.05, 0) is 13.8 Å². The summed E-state index contributed by atoms with van der Waals surface area (Å²) in [6, 6.07) is 0. The zero-order valence-corrected chi connectivity index (χ0v) is 12.2. The third-order valence-electron chi connectivity index (χ3n) is 3.52. The Kier molecular flexibility index (Phi) is 4.24. The molecular weight excluding hydrogens is 260 g/mol. The van der Waals surface area contributed by atoms with E-state index in [0.29, 0.717) is 25.1 Å². The summed E-state index contributed by atoms with van der Waals surface area (Å²) >= 11 is 0. The van der Waals surface area contributed by atoms with Crippen molar-refractivity contribution in [3.63, 3.8) is 0 Å². The first-order valence-electron chi connectivity index (χ1n) is 6.63. The number of aliphatic hydroxyl groups is 1. The fraction of sp³-hybridized carbons (Fsp3) is 0.750. The van der Waals surface area contributed by atoms with Gasteiger partial charge in [0.05, 0.1) is 25.4 Å². The highest BCUT2D eigenvalue weighted by Gasteiger charge is 2.26. The molecule has 0 aliphatic carbocycles. The predicted molar refractivity (Wildman–Crippen MR) is 76.8 cm³/mol. The van der Waals surface area contributed by atoms with Gasteiger partial charge < -0.3 is 25.4 Å². The minimum Gasteiger partial charge on any atom is -0.394 e. The number of nitrogens with two attached hydrogens (primary N) is 1. The number of morpholine rings is 1. The van der Waals surface area contributed by atoms with E-state index in [2.05, 4.69) is 15.0 Å². The summed E-state index contributed by atoms with van der Waals surface area (Å²) in [6.07, 6.45) is 0. The molecule has 3 N–H and O–H groups in total. The lowest BCUT2D eigenvalue weighted by atomic mass is 10.1. The van der Waals surface area contributed by atoms with E-state index in [-0.39, 0.29) is 12.6 Å². The monoisotopic (exact) mass is 282 g/mol. The van der Waals surface area contributed by atoms with Crippen LogP contribution < -0.4 is 15.5 Å². The number of rotatable bonds is 4. The third kappa shape index (κ3) is 3.07. The smallest absolute Gasteiger partial charge is 0.232 e. The van der Waals surface area contributed by atoms with Crippen LogP contribution in [-0.2, 0) is 4.74 Å². The van der Waals surface area contributed by atoms with Crippen molar-refractivity contribution in [2.75, 3.05) is 55.5 Å². The van der Waals surface area contributed by atoms with Crippen LogP contribution in [0.4, 0.5) is 17.8 Å². The van der Waals surface area contributed by atoms with Crippen molar-refractivity contribution in [3.05, 3.63) is 0 Å². The van der Waals surface area contributed by atoms with Gasteiger partial charge in [0.2, 0.25) is 17.8 Å². The maximum atomic E-state index is 9.44. The number of hydrogen-bond acceptors (Lipinski definition) is 8. The van der Waals surface area contributed by atoms with E-state index in [4.69, 9.17) is 10.5 Å². The van der Waals surface area contributed by atoms with Crippen LogP contribution >= 0.6 is 0 Å². The maximum absolute atomic E-state index is 9.44. The second kappa shape index (κ2) is 5.76. The van der Waals surface area contributed by atoms with Crippen molar-refractivity contribution < 1.29 is 9.84 Å². The molecule has 1 aliphatic heterocycles. The van der Waals surface area contributed by atoms with Crippen LogP contribution in [0.25, 0.3) is 0 Å². The van der Waals surface area contributed by atoms with Crippen molar-refractivity contribution in [2.45, 2.75) is 19.4 Å². The van der Waals surface area contributed by atoms with E-state index >= 15 is 0 Å². The molecule has 8 nitrogen and oxygen atoms in total. The summed E-state index contributed by atoms with van der Waals surface area (Å²) in [5, 5.41) is 9.44. The summed E-state index contributed by atoms with van der Waals surface area (Å²) in [6.45, 7) is 6.56. The molecule has 0 amide bonds. The SMILES string of the molecule is CN(c1nc(N)nc(N2CCOCC2)n1)C(C)(C)CO.